The molecule has 0 fully saturated rings. The van der Waals surface area contributed by atoms with E-state index < -0.39 is 42.4 Å². The monoisotopic (exact) mass is 331 g/mol. The summed E-state index contributed by atoms with van der Waals surface area (Å²) < 4.78 is 4.01. The summed E-state index contributed by atoms with van der Waals surface area (Å²) >= 11 is 0. The Bertz CT molecular complexity index is 325. The Hall–Kier alpha value is 1.84. The van der Waals surface area contributed by atoms with Crippen LogP contribution in [0, 0.1) is 0 Å². The first-order valence-corrected chi connectivity index (χ1v) is 3.89. The summed E-state index contributed by atoms with van der Waals surface area (Å²) in [5.74, 6) is -6.57. The molecule has 20 heavy (non-hydrogen) atoms. The first kappa shape index (κ1) is 33.4. The molecular weight excluding hydrogens is 318 g/mol. The van der Waals surface area contributed by atoms with Crippen LogP contribution in [-0.4, -0.2) is 170 Å². The molecule has 0 aromatic rings. The number of aliphatic carboxylic acids is 3. The molecule has 98 valence electrons. The quantitative estimate of drug-likeness (QED) is 0.212. The molecule has 0 spiro atoms. The third kappa shape index (κ3) is 14.8. The van der Waals surface area contributed by atoms with Gasteiger partial charge in [-0.1, -0.05) is 0 Å². The zero-order chi connectivity index (χ0) is 12.9. The molecule has 0 aliphatic carbocycles. The number of carbonyl (C=O) groups excluding carboxylic acids is 1. The van der Waals surface area contributed by atoms with Crippen molar-refractivity contribution in [3.8, 4) is 0 Å². The van der Waals surface area contributed by atoms with Crippen molar-refractivity contribution in [2.24, 2.45) is 5.73 Å². The van der Waals surface area contributed by atoms with Crippen LogP contribution in [0.4, 0.5) is 0 Å². The number of hydrogen-bond acceptors (Lipinski definition) is 6. The maximum absolute atomic E-state index is 11.0. The van der Waals surface area contributed by atoms with E-state index in [2.05, 4.69) is 4.74 Å². The Morgan fingerprint density at radius 2 is 1.25 bits per heavy atom. The minimum absolute atomic E-state index is 0. The molecule has 0 aliphatic rings. The second-order valence-corrected chi connectivity index (χ2v) is 2.70. The topological polar surface area (TPSA) is 164 Å². The van der Waals surface area contributed by atoms with Crippen LogP contribution in [0.5, 0.6) is 0 Å². The van der Waals surface area contributed by atoms with E-state index in [1.807, 2.05) is 0 Å². The molecule has 0 saturated heterocycles. The molecule has 0 rings (SSSR count). The van der Waals surface area contributed by atoms with Crippen LogP contribution < -0.4 is 5.73 Å². The van der Waals surface area contributed by atoms with Gasteiger partial charge >= 0.3 is 142 Å². The van der Waals surface area contributed by atoms with Crippen molar-refractivity contribution in [3.63, 3.8) is 0 Å². The number of nitrogens with two attached hydrogens (primary N) is 1. The summed E-state index contributed by atoms with van der Waals surface area (Å²) in [6.07, 6.45) is -3.18. The summed E-state index contributed by atoms with van der Waals surface area (Å²) in [5, 5.41) is 24.9. The Morgan fingerprint density at radius 3 is 1.50 bits per heavy atom. The van der Waals surface area contributed by atoms with Crippen LogP contribution >= 0.6 is 0 Å². The van der Waals surface area contributed by atoms with Crippen LogP contribution in [0.1, 0.15) is 6.42 Å². The maximum atomic E-state index is 11.0. The predicted octanol–water partition coefficient (Wildman–Crippen LogP) is -4.72. The number of carboxylic acids is 3. The van der Waals surface area contributed by atoms with Gasteiger partial charge < -0.3 is 25.8 Å². The standard InChI is InChI=1S/C7H9NO8.4Na.4H/c8-2(1-3(9)10)7(15)16-4(5(11)12)6(13)14;;;;;;;;/h2,4H,1,8H2,(H,9,10)(H,11,12)(H,13,14);;;;;;;;. The molecule has 0 bridgehead atoms. The van der Waals surface area contributed by atoms with Gasteiger partial charge in [0.2, 0.25) is 0 Å². The SMILES string of the molecule is NC(CC(=O)O)C(=O)OC(C(=O)O)C(=O)O.[NaH].[NaH].[NaH].[NaH]. The van der Waals surface area contributed by atoms with E-state index in [0.29, 0.717) is 0 Å². The molecule has 5 N–H and O–H groups in total. The fourth-order valence-corrected chi connectivity index (χ4v) is 0.681. The summed E-state index contributed by atoms with van der Waals surface area (Å²) in [6.45, 7) is 0. The minimum atomic E-state index is -2.40. The second kappa shape index (κ2) is 17.2. The number of ether oxygens (including phenoxy) is 1. The van der Waals surface area contributed by atoms with E-state index in [0.717, 1.165) is 0 Å². The van der Waals surface area contributed by atoms with Crippen LogP contribution in [-0.2, 0) is 23.9 Å². The number of carboxylic acid groups (broad SMARTS) is 3. The van der Waals surface area contributed by atoms with Gasteiger partial charge in [0.15, 0.2) is 0 Å². The van der Waals surface area contributed by atoms with Crippen molar-refractivity contribution in [3.05, 3.63) is 0 Å². The molecule has 0 radical (unpaired) electrons. The normalized spacial score (nSPS) is 9.50. The van der Waals surface area contributed by atoms with Gasteiger partial charge in [0.25, 0.3) is 6.10 Å². The Morgan fingerprint density at radius 1 is 0.900 bits per heavy atom. The first-order chi connectivity index (χ1) is 7.25. The summed E-state index contributed by atoms with van der Waals surface area (Å²) in [7, 11) is 0. The number of rotatable bonds is 6. The van der Waals surface area contributed by atoms with Gasteiger partial charge in [-0.05, 0) is 0 Å². The van der Waals surface area contributed by atoms with E-state index in [-0.39, 0.29) is 118 Å². The van der Waals surface area contributed by atoms with Crippen LogP contribution in [0.3, 0.4) is 0 Å². The van der Waals surface area contributed by atoms with Gasteiger partial charge in [0.1, 0.15) is 6.04 Å². The molecular formula is C7H13NNa4O8. The van der Waals surface area contributed by atoms with Gasteiger partial charge in [-0.2, -0.15) is 0 Å². The van der Waals surface area contributed by atoms with Crippen molar-refractivity contribution < 1.29 is 39.2 Å². The van der Waals surface area contributed by atoms with Crippen LogP contribution in [0.25, 0.3) is 0 Å². The van der Waals surface area contributed by atoms with Crippen molar-refractivity contribution in [1.82, 2.24) is 0 Å². The molecule has 1 atom stereocenters. The van der Waals surface area contributed by atoms with Crippen LogP contribution in [0.15, 0.2) is 0 Å². The van der Waals surface area contributed by atoms with E-state index in [9.17, 15) is 19.2 Å². The average molecular weight is 331 g/mol. The molecule has 1 unspecified atom stereocenters. The molecule has 0 aromatic heterocycles. The molecule has 9 nitrogen and oxygen atoms in total. The Labute approximate surface area is 202 Å². The van der Waals surface area contributed by atoms with Crippen molar-refractivity contribution in [2.45, 2.75) is 18.6 Å². The van der Waals surface area contributed by atoms with Gasteiger partial charge in [0.05, 0.1) is 6.42 Å². The molecule has 0 heterocycles. The summed E-state index contributed by atoms with van der Waals surface area (Å²) in [5.41, 5.74) is 5.03. The second-order valence-electron chi connectivity index (χ2n) is 2.70. The van der Waals surface area contributed by atoms with Crippen molar-refractivity contribution in [2.75, 3.05) is 0 Å². The Kier molecular flexibility index (Phi) is 28.8. The molecule has 0 amide bonds. The van der Waals surface area contributed by atoms with Crippen LogP contribution in [0.2, 0.25) is 0 Å². The van der Waals surface area contributed by atoms with E-state index in [4.69, 9.17) is 21.1 Å². The van der Waals surface area contributed by atoms with Crippen molar-refractivity contribution in [1.29, 1.82) is 0 Å². The van der Waals surface area contributed by atoms with E-state index >= 15 is 0 Å². The number of hydrogen-bond donors (Lipinski definition) is 4. The molecule has 0 aliphatic heterocycles. The number of carbonyl (C=O) groups is 4. The summed E-state index contributed by atoms with van der Waals surface area (Å²) in [6, 6.07) is -1.61. The van der Waals surface area contributed by atoms with E-state index in [1.54, 1.807) is 0 Å². The van der Waals surface area contributed by atoms with Gasteiger partial charge in [-0.15, -0.1) is 0 Å². The fourth-order valence-electron chi connectivity index (χ4n) is 0.681. The first-order valence-electron chi connectivity index (χ1n) is 3.89. The molecule has 0 saturated carbocycles. The predicted molar refractivity (Wildman–Crippen MR) is 74.0 cm³/mol. The van der Waals surface area contributed by atoms with Gasteiger partial charge in [-0.3, -0.25) is 9.59 Å². The third-order valence-electron chi connectivity index (χ3n) is 1.38. The number of esters is 1. The third-order valence-corrected chi connectivity index (χ3v) is 1.38. The Balaban J connectivity index is -0.000000187. The fraction of sp³-hybridized carbons (Fsp3) is 0.429. The summed E-state index contributed by atoms with van der Waals surface area (Å²) in [4.78, 5) is 41.7. The average Bonchev–Trinajstić information content (AvgIpc) is 2.11. The zero-order valence-electron chi connectivity index (χ0n) is 7.82. The van der Waals surface area contributed by atoms with E-state index in [1.165, 1.54) is 0 Å². The molecule has 13 heteroatoms. The zero-order valence-corrected chi connectivity index (χ0v) is 7.82. The van der Waals surface area contributed by atoms with Gasteiger partial charge in [-0.25, -0.2) is 9.59 Å². The van der Waals surface area contributed by atoms with Crippen molar-refractivity contribution >= 4 is 142 Å². The van der Waals surface area contributed by atoms with Gasteiger partial charge in [0, 0.05) is 0 Å². The molecule has 0 aromatic carbocycles.